The number of carbonyl (C=O) groups is 1. The van der Waals surface area contributed by atoms with Gasteiger partial charge < -0.3 is 5.32 Å². The van der Waals surface area contributed by atoms with E-state index in [4.69, 9.17) is 0 Å². The van der Waals surface area contributed by atoms with Crippen LogP contribution in [0.5, 0.6) is 0 Å². The Bertz CT molecular complexity index is 518. The van der Waals surface area contributed by atoms with Gasteiger partial charge >= 0.3 is 0 Å². The average molecular weight is 269 g/mol. The number of rotatable bonds is 4. The minimum Gasteiger partial charge on any atom is -0.325 e. The van der Waals surface area contributed by atoms with Gasteiger partial charge in [0.25, 0.3) is 0 Å². The summed E-state index contributed by atoms with van der Waals surface area (Å²) in [6.45, 7) is 5.55. The van der Waals surface area contributed by atoms with Crippen LogP contribution in [-0.2, 0) is 14.6 Å². The third-order valence-corrected chi connectivity index (χ3v) is 4.35. The Balaban J connectivity index is 2.77. The maximum Gasteiger partial charge on any atom is 0.242 e. The van der Waals surface area contributed by atoms with Crippen molar-refractivity contribution in [1.29, 1.82) is 0 Å². The second-order valence-electron chi connectivity index (χ2n) is 4.74. The van der Waals surface area contributed by atoms with E-state index < -0.39 is 21.0 Å². The predicted octanol–water partition coefficient (Wildman–Crippen LogP) is 2.18. The van der Waals surface area contributed by atoms with Crippen LogP contribution in [0.1, 0.15) is 32.3 Å². The lowest BCUT2D eigenvalue weighted by molar-refractivity contribution is -0.115. The summed E-state index contributed by atoms with van der Waals surface area (Å²) >= 11 is 0. The summed E-state index contributed by atoms with van der Waals surface area (Å²) in [5, 5.41) is 1.56. The monoisotopic (exact) mass is 269 g/mol. The number of sulfone groups is 1. The van der Waals surface area contributed by atoms with Crippen molar-refractivity contribution in [3.05, 3.63) is 29.8 Å². The van der Waals surface area contributed by atoms with Gasteiger partial charge in [-0.05, 0) is 30.5 Å². The third-order valence-electron chi connectivity index (χ3n) is 2.86. The van der Waals surface area contributed by atoms with Crippen LogP contribution in [0, 0.1) is 0 Å². The standard InChI is InChI=1S/C13H19NO3S/c1-9(2)11-5-7-12(8-6-11)14-13(15)10(3)18(4,16)17/h5-10H,1-4H3,(H,14,15)/t10-/m0/s1. The molecular weight excluding hydrogens is 250 g/mol. The minimum absolute atomic E-state index is 0.421. The predicted molar refractivity (Wildman–Crippen MR) is 73.5 cm³/mol. The molecule has 0 heterocycles. The van der Waals surface area contributed by atoms with E-state index in [1.165, 1.54) is 12.5 Å². The number of benzene rings is 1. The molecule has 0 saturated carbocycles. The Morgan fingerprint density at radius 1 is 1.11 bits per heavy atom. The summed E-state index contributed by atoms with van der Waals surface area (Å²) in [4.78, 5) is 11.7. The van der Waals surface area contributed by atoms with E-state index in [9.17, 15) is 13.2 Å². The lowest BCUT2D eigenvalue weighted by Crippen LogP contribution is -2.31. The normalized spacial score (nSPS) is 13.4. The molecule has 0 aliphatic heterocycles. The first-order valence-electron chi connectivity index (χ1n) is 5.81. The van der Waals surface area contributed by atoms with Crippen LogP contribution in [0.3, 0.4) is 0 Å². The average Bonchev–Trinajstić information content (AvgIpc) is 2.27. The first-order chi connectivity index (χ1) is 8.21. The van der Waals surface area contributed by atoms with E-state index in [-0.39, 0.29) is 0 Å². The molecule has 0 aliphatic carbocycles. The van der Waals surface area contributed by atoms with E-state index >= 15 is 0 Å². The molecule has 0 unspecified atom stereocenters. The van der Waals surface area contributed by atoms with Crippen molar-refractivity contribution in [2.75, 3.05) is 11.6 Å². The third kappa shape index (κ3) is 3.84. The summed E-state index contributed by atoms with van der Waals surface area (Å²) in [5.74, 6) is -0.0838. The molecular formula is C13H19NO3S. The summed E-state index contributed by atoms with van der Waals surface area (Å²) in [7, 11) is -3.36. The molecule has 1 N–H and O–H groups in total. The molecule has 1 rings (SSSR count). The molecule has 1 atom stereocenters. The van der Waals surface area contributed by atoms with Crippen molar-refractivity contribution in [3.63, 3.8) is 0 Å². The molecule has 0 saturated heterocycles. The molecule has 0 bridgehead atoms. The Morgan fingerprint density at radius 3 is 2.00 bits per heavy atom. The summed E-state index contributed by atoms with van der Waals surface area (Å²) in [6.07, 6.45) is 1.05. The van der Waals surface area contributed by atoms with Crippen molar-refractivity contribution in [2.45, 2.75) is 31.9 Å². The first kappa shape index (κ1) is 14.7. The van der Waals surface area contributed by atoms with Gasteiger partial charge in [0, 0.05) is 11.9 Å². The minimum atomic E-state index is -3.36. The van der Waals surface area contributed by atoms with Gasteiger partial charge in [-0.2, -0.15) is 0 Å². The van der Waals surface area contributed by atoms with Crippen molar-refractivity contribution in [3.8, 4) is 0 Å². The highest BCUT2D eigenvalue weighted by Crippen LogP contribution is 2.17. The largest absolute Gasteiger partial charge is 0.325 e. The second kappa shape index (κ2) is 5.52. The van der Waals surface area contributed by atoms with E-state index in [1.807, 2.05) is 12.1 Å². The van der Waals surface area contributed by atoms with Crippen LogP contribution < -0.4 is 5.32 Å². The molecule has 0 radical (unpaired) electrons. The molecule has 4 nitrogen and oxygen atoms in total. The van der Waals surface area contributed by atoms with Crippen molar-refractivity contribution >= 4 is 21.4 Å². The summed E-state index contributed by atoms with van der Waals surface area (Å²) in [6, 6.07) is 7.40. The smallest absolute Gasteiger partial charge is 0.242 e. The quantitative estimate of drug-likeness (QED) is 0.911. The lowest BCUT2D eigenvalue weighted by Gasteiger charge is -2.11. The molecule has 0 spiro atoms. The van der Waals surface area contributed by atoms with E-state index in [0.29, 0.717) is 11.6 Å². The van der Waals surface area contributed by atoms with Crippen LogP contribution in [0.4, 0.5) is 5.69 Å². The fourth-order valence-corrected chi connectivity index (χ4v) is 1.84. The van der Waals surface area contributed by atoms with Crippen LogP contribution in [-0.4, -0.2) is 25.8 Å². The van der Waals surface area contributed by atoms with Gasteiger partial charge in [-0.3, -0.25) is 4.79 Å². The zero-order valence-corrected chi connectivity index (χ0v) is 11.9. The molecule has 0 aliphatic rings. The number of hydrogen-bond donors (Lipinski definition) is 1. The van der Waals surface area contributed by atoms with Gasteiger partial charge in [-0.15, -0.1) is 0 Å². The molecule has 0 aromatic heterocycles. The van der Waals surface area contributed by atoms with Crippen LogP contribution in [0.15, 0.2) is 24.3 Å². The fraction of sp³-hybridized carbons (Fsp3) is 0.462. The Hall–Kier alpha value is -1.36. The molecule has 18 heavy (non-hydrogen) atoms. The van der Waals surface area contributed by atoms with Crippen LogP contribution in [0.2, 0.25) is 0 Å². The van der Waals surface area contributed by atoms with Gasteiger partial charge in [0.1, 0.15) is 5.25 Å². The first-order valence-corrected chi connectivity index (χ1v) is 7.77. The highest BCUT2D eigenvalue weighted by molar-refractivity contribution is 7.92. The molecule has 1 aromatic rings. The van der Waals surface area contributed by atoms with Crippen molar-refractivity contribution in [1.82, 2.24) is 0 Å². The number of hydrogen-bond acceptors (Lipinski definition) is 3. The highest BCUT2D eigenvalue weighted by Gasteiger charge is 2.23. The molecule has 100 valence electrons. The van der Waals surface area contributed by atoms with Crippen LogP contribution >= 0.6 is 0 Å². The zero-order valence-electron chi connectivity index (χ0n) is 11.1. The summed E-state index contributed by atoms with van der Waals surface area (Å²) in [5.41, 5.74) is 1.78. The molecule has 5 heteroatoms. The molecule has 1 amide bonds. The maximum absolute atomic E-state index is 11.7. The topological polar surface area (TPSA) is 63.2 Å². The highest BCUT2D eigenvalue weighted by atomic mass is 32.2. The van der Waals surface area contributed by atoms with E-state index in [0.717, 1.165) is 6.26 Å². The van der Waals surface area contributed by atoms with Gasteiger partial charge in [0.2, 0.25) is 5.91 Å². The van der Waals surface area contributed by atoms with Gasteiger partial charge in [-0.25, -0.2) is 8.42 Å². The van der Waals surface area contributed by atoms with Gasteiger partial charge in [0.05, 0.1) is 0 Å². The zero-order chi connectivity index (χ0) is 13.9. The van der Waals surface area contributed by atoms with E-state index in [2.05, 4.69) is 19.2 Å². The molecule has 1 aromatic carbocycles. The molecule has 0 fully saturated rings. The van der Waals surface area contributed by atoms with E-state index in [1.54, 1.807) is 12.1 Å². The Kier molecular flexibility index (Phi) is 4.51. The Labute approximate surface area is 108 Å². The Morgan fingerprint density at radius 2 is 1.61 bits per heavy atom. The number of anilines is 1. The fourth-order valence-electron chi connectivity index (χ4n) is 1.39. The second-order valence-corrected chi connectivity index (χ2v) is 7.10. The summed E-state index contributed by atoms with van der Waals surface area (Å²) < 4.78 is 22.5. The van der Waals surface area contributed by atoms with Crippen molar-refractivity contribution < 1.29 is 13.2 Å². The number of nitrogens with one attached hydrogen (secondary N) is 1. The van der Waals surface area contributed by atoms with Crippen LogP contribution in [0.25, 0.3) is 0 Å². The SMILES string of the molecule is CC(C)c1ccc(NC(=O)[C@H](C)S(C)(=O)=O)cc1. The van der Waals surface area contributed by atoms with Crippen molar-refractivity contribution in [2.24, 2.45) is 0 Å². The number of carbonyl (C=O) groups excluding carboxylic acids is 1. The maximum atomic E-state index is 11.7. The van der Waals surface area contributed by atoms with Gasteiger partial charge in [-0.1, -0.05) is 26.0 Å². The number of amides is 1. The lowest BCUT2D eigenvalue weighted by atomic mass is 10.0. The van der Waals surface area contributed by atoms with Gasteiger partial charge in [0.15, 0.2) is 9.84 Å².